The maximum atomic E-state index is 14.0. The van der Waals surface area contributed by atoms with Crippen molar-refractivity contribution in [3.63, 3.8) is 0 Å². The van der Waals surface area contributed by atoms with Crippen LogP contribution in [-0.2, 0) is 6.54 Å². The molecule has 1 atom stereocenters. The molecule has 0 saturated carbocycles. The van der Waals surface area contributed by atoms with Gasteiger partial charge in [0.05, 0.1) is 18.8 Å². The van der Waals surface area contributed by atoms with Crippen molar-refractivity contribution < 1.29 is 4.39 Å². The zero-order valence-corrected chi connectivity index (χ0v) is 12.3. The quantitative estimate of drug-likeness (QED) is 0.888. The highest BCUT2D eigenvalue weighted by Gasteiger charge is 2.16. The van der Waals surface area contributed by atoms with E-state index in [0.29, 0.717) is 12.1 Å². The van der Waals surface area contributed by atoms with Gasteiger partial charge in [0.25, 0.3) is 5.56 Å². The summed E-state index contributed by atoms with van der Waals surface area (Å²) in [5.74, 6) is -0.272. The van der Waals surface area contributed by atoms with E-state index in [1.165, 1.54) is 16.8 Å². The smallest absolute Gasteiger partial charge is 0.267 e. The second-order valence-electron chi connectivity index (χ2n) is 5.08. The molecule has 2 aromatic rings. The van der Waals surface area contributed by atoms with Crippen LogP contribution in [0.1, 0.15) is 30.5 Å². The van der Waals surface area contributed by atoms with Crippen molar-refractivity contribution in [2.75, 3.05) is 6.54 Å². The number of nitrogens with one attached hydrogen (secondary N) is 1. The molecule has 0 aliphatic carbocycles. The number of halogens is 1. The molecule has 4 nitrogen and oxygen atoms in total. The lowest BCUT2D eigenvalue weighted by Gasteiger charge is -2.20. The maximum Gasteiger partial charge on any atom is 0.267 e. The van der Waals surface area contributed by atoms with Crippen molar-refractivity contribution in [2.45, 2.75) is 32.9 Å². The summed E-state index contributed by atoms with van der Waals surface area (Å²) in [5.41, 5.74) is 1.20. The van der Waals surface area contributed by atoms with Crippen molar-refractivity contribution in [3.8, 4) is 0 Å². The minimum Gasteiger partial charge on any atom is -0.308 e. The Morgan fingerprint density at radius 2 is 2.14 bits per heavy atom. The van der Waals surface area contributed by atoms with Crippen LogP contribution in [0.4, 0.5) is 4.39 Å². The Hall–Kier alpha value is -2.01. The van der Waals surface area contributed by atoms with E-state index in [2.05, 4.69) is 10.4 Å². The van der Waals surface area contributed by atoms with Gasteiger partial charge in [-0.1, -0.05) is 25.1 Å². The van der Waals surface area contributed by atoms with Gasteiger partial charge in [-0.15, -0.1) is 0 Å². The van der Waals surface area contributed by atoms with Gasteiger partial charge in [0, 0.05) is 11.6 Å². The summed E-state index contributed by atoms with van der Waals surface area (Å²) in [6.07, 6.45) is 2.57. The average Bonchev–Trinajstić information content (AvgIpc) is 2.46. The molecule has 112 valence electrons. The Balaban J connectivity index is 2.28. The predicted octanol–water partition coefficient (Wildman–Crippen LogP) is 2.43. The first-order chi connectivity index (χ1) is 10.1. The van der Waals surface area contributed by atoms with Crippen molar-refractivity contribution >= 4 is 0 Å². The summed E-state index contributed by atoms with van der Waals surface area (Å²) in [4.78, 5) is 11.9. The third-order valence-corrected chi connectivity index (χ3v) is 3.28. The van der Waals surface area contributed by atoms with Gasteiger partial charge in [0.15, 0.2) is 0 Å². The molecule has 1 unspecified atom stereocenters. The highest BCUT2D eigenvalue weighted by atomic mass is 19.1. The Kier molecular flexibility index (Phi) is 5.22. The van der Waals surface area contributed by atoms with Crippen LogP contribution in [0.25, 0.3) is 0 Å². The van der Waals surface area contributed by atoms with Crippen molar-refractivity contribution in [3.05, 3.63) is 63.8 Å². The number of nitrogens with zero attached hydrogens (tertiary/aromatic N) is 2. The molecule has 0 aliphatic heterocycles. The molecule has 1 aromatic heterocycles. The van der Waals surface area contributed by atoms with Crippen LogP contribution in [0.5, 0.6) is 0 Å². The van der Waals surface area contributed by atoms with E-state index in [4.69, 9.17) is 0 Å². The van der Waals surface area contributed by atoms with Crippen LogP contribution in [0.15, 0.2) is 41.3 Å². The fraction of sp³-hybridized carbons (Fsp3) is 0.375. The second-order valence-corrected chi connectivity index (χ2v) is 5.08. The molecule has 5 heteroatoms. The summed E-state index contributed by atoms with van der Waals surface area (Å²) >= 11 is 0. The lowest BCUT2D eigenvalue weighted by atomic mass is 10.1. The molecular weight excluding hydrogens is 269 g/mol. The molecule has 1 N–H and O–H groups in total. The molecule has 0 aliphatic rings. The van der Waals surface area contributed by atoms with Crippen LogP contribution in [0.2, 0.25) is 0 Å². The number of aryl methyl sites for hydroxylation is 1. The van der Waals surface area contributed by atoms with Crippen LogP contribution in [0, 0.1) is 12.7 Å². The van der Waals surface area contributed by atoms with Crippen LogP contribution < -0.4 is 10.9 Å². The van der Waals surface area contributed by atoms with Gasteiger partial charge in [-0.3, -0.25) is 4.79 Å². The number of rotatable bonds is 6. The Morgan fingerprint density at radius 3 is 2.81 bits per heavy atom. The normalized spacial score (nSPS) is 12.3. The second kappa shape index (κ2) is 7.13. The number of hydrogen-bond donors (Lipinski definition) is 1. The molecule has 1 heterocycles. The largest absolute Gasteiger partial charge is 0.308 e. The zero-order valence-electron chi connectivity index (χ0n) is 12.3. The Labute approximate surface area is 123 Å². The molecule has 0 saturated heterocycles. The van der Waals surface area contributed by atoms with Gasteiger partial charge < -0.3 is 5.32 Å². The fourth-order valence-corrected chi connectivity index (χ4v) is 2.18. The topological polar surface area (TPSA) is 46.9 Å². The van der Waals surface area contributed by atoms with Gasteiger partial charge in [-0.25, -0.2) is 9.07 Å². The third kappa shape index (κ3) is 3.98. The summed E-state index contributed by atoms with van der Waals surface area (Å²) in [5, 5.41) is 7.40. The van der Waals surface area contributed by atoms with Crippen molar-refractivity contribution in [1.82, 2.24) is 15.1 Å². The summed E-state index contributed by atoms with van der Waals surface area (Å²) in [6.45, 7) is 4.92. The van der Waals surface area contributed by atoms with Gasteiger partial charge in [0.2, 0.25) is 0 Å². The van der Waals surface area contributed by atoms with Gasteiger partial charge in [-0.2, -0.15) is 5.10 Å². The molecular formula is C16H20FN3O. The van der Waals surface area contributed by atoms with E-state index in [-0.39, 0.29) is 17.4 Å². The highest BCUT2D eigenvalue weighted by molar-refractivity contribution is 5.21. The van der Waals surface area contributed by atoms with Crippen molar-refractivity contribution in [2.24, 2.45) is 0 Å². The van der Waals surface area contributed by atoms with Crippen molar-refractivity contribution in [1.29, 1.82) is 0 Å². The zero-order chi connectivity index (χ0) is 15.2. The van der Waals surface area contributed by atoms with E-state index in [1.807, 2.05) is 13.8 Å². The number of aromatic nitrogens is 2. The fourth-order valence-electron chi connectivity index (χ4n) is 2.18. The molecule has 0 spiro atoms. The highest BCUT2D eigenvalue weighted by Crippen LogP contribution is 2.18. The minimum atomic E-state index is -0.279. The van der Waals surface area contributed by atoms with E-state index < -0.39 is 0 Å². The standard InChI is InChI=1S/C16H20FN3O/c1-3-8-18-15(13-6-4-5-7-14(13)17)11-20-16(21)9-12(2)10-19-20/h4-7,9-10,15,18H,3,8,11H2,1-2H3. The van der Waals surface area contributed by atoms with Gasteiger partial charge in [-0.05, 0) is 31.5 Å². The summed E-state index contributed by atoms with van der Waals surface area (Å²) in [7, 11) is 0. The van der Waals surface area contributed by atoms with E-state index in [9.17, 15) is 9.18 Å². The maximum absolute atomic E-state index is 14.0. The first-order valence-corrected chi connectivity index (χ1v) is 7.13. The van der Waals surface area contributed by atoms with Crippen LogP contribution in [-0.4, -0.2) is 16.3 Å². The van der Waals surface area contributed by atoms with E-state index in [1.54, 1.807) is 24.4 Å². The molecule has 0 amide bonds. The molecule has 0 fully saturated rings. The molecule has 1 aromatic carbocycles. The molecule has 21 heavy (non-hydrogen) atoms. The molecule has 2 rings (SSSR count). The lowest BCUT2D eigenvalue weighted by Crippen LogP contribution is -2.32. The predicted molar refractivity (Wildman–Crippen MR) is 80.7 cm³/mol. The third-order valence-electron chi connectivity index (χ3n) is 3.28. The van der Waals surface area contributed by atoms with Crippen LogP contribution >= 0.6 is 0 Å². The summed E-state index contributed by atoms with van der Waals surface area (Å²) < 4.78 is 15.4. The monoisotopic (exact) mass is 289 g/mol. The van der Waals surface area contributed by atoms with E-state index >= 15 is 0 Å². The van der Waals surface area contributed by atoms with Gasteiger partial charge in [0.1, 0.15) is 5.82 Å². The Bertz CT molecular complexity index is 654. The lowest BCUT2D eigenvalue weighted by molar-refractivity contribution is 0.412. The number of hydrogen-bond acceptors (Lipinski definition) is 3. The van der Waals surface area contributed by atoms with E-state index in [0.717, 1.165) is 18.5 Å². The number of benzene rings is 1. The average molecular weight is 289 g/mol. The molecule has 0 radical (unpaired) electrons. The first-order valence-electron chi connectivity index (χ1n) is 7.13. The SMILES string of the molecule is CCCNC(Cn1ncc(C)cc1=O)c1ccccc1F. The minimum absolute atomic E-state index is 0.172. The molecule has 0 bridgehead atoms. The first kappa shape index (κ1) is 15.4. The van der Waals surface area contributed by atoms with Crippen LogP contribution in [0.3, 0.4) is 0 Å². The summed E-state index contributed by atoms with van der Waals surface area (Å²) in [6, 6.07) is 7.88. The Morgan fingerprint density at radius 1 is 1.38 bits per heavy atom. The van der Waals surface area contributed by atoms with Gasteiger partial charge >= 0.3 is 0 Å².